The topological polar surface area (TPSA) is 93.5 Å². The fourth-order valence-electron chi connectivity index (χ4n) is 3.25. The van der Waals surface area contributed by atoms with Crippen LogP contribution in [0, 0.1) is 13.8 Å². The summed E-state index contributed by atoms with van der Waals surface area (Å²) in [5.74, 6) is -0.971. The van der Waals surface area contributed by atoms with Gasteiger partial charge in [-0.25, -0.2) is 15.4 Å². The molecule has 0 fully saturated rings. The van der Waals surface area contributed by atoms with Crippen LogP contribution in [0.4, 0.5) is 0 Å². The Bertz CT molecular complexity index is 1070. The number of amides is 1. The summed E-state index contributed by atoms with van der Waals surface area (Å²) in [6.45, 7) is 3.40. The summed E-state index contributed by atoms with van der Waals surface area (Å²) in [6, 6.07) is 19.1. The number of aromatic nitrogens is 2. The highest BCUT2D eigenvalue weighted by Crippen LogP contribution is 2.17. The minimum Gasteiger partial charge on any atom is -0.455 e. The second-order valence-electron chi connectivity index (χ2n) is 7.25. The lowest BCUT2D eigenvalue weighted by atomic mass is 10.0. The van der Waals surface area contributed by atoms with Gasteiger partial charge in [-0.2, -0.15) is 5.10 Å². The molecule has 2 aromatic carbocycles. The third-order valence-corrected chi connectivity index (χ3v) is 5.46. The van der Waals surface area contributed by atoms with Gasteiger partial charge in [-0.1, -0.05) is 72.4 Å². The van der Waals surface area contributed by atoms with Crippen LogP contribution in [-0.2, 0) is 20.7 Å². The van der Waals surface area contributed by atoms with E-state index in [1.165, 1.54) is 11.8 Å². The molecule has 1 heterocycles. The Kier molecular flexibility index (Phi) is 8.71. The molecule has 33 heavy (non-hydrogen) atoms. The van der Waals surface area contributed by atoms with E-state index in [-0.39, 0.29) is 6.42 Å². The van der Waals surface area contributed by atoms with Gasteiger partial charge in [0.25, 0.3) is 5.91 Å². The Labute approximate surface area is 197 Å². The number of carbonyl (C=O) groups is 2. The van der Waals surface area contributed by atoms with Gasteiger partial charge in [0.05, 0.1) is 5.71 Å². The van der Waals surface area contributed by atoms with Gasteiger partial charge in [-0.15, -0.1) is 0 Å². The van der Waals surface area contributed by atoms with Gasteiger partial charge in [-0.3, -0.25) is 9.59 Å². The van der Waals surface area contributed by atoms with E-state index in [9.17, 15) is 9.59 Å². The molecule has 8 heteroatoms. The van der Waals surface area contributed by atoms with E-state index >= 15 is 0 Å². The molecule has 1 amide bonds. The number of carbonyl (C=O) groups excluding carboxylic acids is 2. The van der Waals surface area contributed by atoms with Crippen LogP contribution in [0.1, 0.15) is 34.5 Å². The van der Waals surface area contributed by atoms with E-state index < -0.39 is 18.5 Å². The first-order chi connectivity index (χ1) is 16.0. The second-order valence-corrected chi connectivity index (χ2v) is 8.02. The van der Waals surface area contributed by atoms with Crippen molar-refractivity contribution in [2.45, 2.75) is 31.8 Å². The fourth-order valence-corrected chi connectivity index (χ4v) is 3.70. The maximum absolute atomic E-state index is 12.2. The van der Waals surface area contributed by atoms with E-state index in [1.54, 1.807) is 0 Å². The SMILES string of the molecule is CSc1nc(C)c(CCC(=O)OCC(=O)NN=C(c2ccccc2)c2ccccc2)c(C)n1. The maximum Gasteiger partial charge on any atom is 0.306 e. The molecule has 0 aliphatic rings. The van der Waals surface area contributed by atoms with Crippen LogP contribution in [0.3, 0.4) is 0 Å². The van der Waals surface area contributed by atoms with Crippen LogP contribution in [0.5, 0.6) is 0 Å². The van der Waals surface area contributed by atoms with Crippen LogP contribution in [0.15, 0.2) is 70.9 Å². The van der Waals surface area contributed by atoms with Gasteiger partial charge < -0.3 is 4.74 Å². The normalized spacial score (nSPS) is 10.4. The van der Waals surface area contributed by atoms with Gasteiger partial charge >= 0.3 is 5.97 Å². The van der Waals surface area contributed by atoms with Gasteiger partial charge in [-0.05, 0) is 32.1 Å². The summed E-state index contributed by atoms with van der Waals surface area (Å²) < 4.78 is 5.13. The largest absolute Gasteiger partial charge is 0.455 e. The van der Waals surface area contributed by atoms with Crippen molar-refractivity contribution in [3.05, 3.63) is 88.7 Å². The number of nitrogens with one attached hydrogen (secondary N) is 1. The average molecular weight is 463 g/mol. The first-order valence-electron chi connectivity index (χ1n) is 10.5. The first-order valence-corrected chi connectivity index (χ1v) is 11.7. The number of aryl methyl sites for hydroxylation is 2. The summed E-state index contributed by atoms with van der Waals surface area (Å²) in [7, 11) is 0. The molecule has 1 aromatic heterocycles. The third kappa shape index (κ3) is 6.98. The summed E-state index contributed by atoms with van der Waals surface area (Å²) in [4.78, 5) is 33.2. The van der Waals surface area contributed by atoms with E-state index in [4.69, 9.17) is 4.74 Å². The monoisotopic (exact) mass is 462 g/mol. The zero-order valence-corrected chi connectivity index (χ0v) is 19.7. The van der Waals surface area contributed by atoms with Gasteiger partial charge in [0, 0.05) is 28.9 Å². The van der Waals surface area contributed by atoms with E-state index in [0.29, 0.717) is 17.3 Å². The van der Waals surface area contributed by atoms with Gasteiger partial charge in [0.1, 0.15) is 0 Å². The van der Waals surface area contributed by atoms with Crippen LogP contribution in [0.25, 0.3) is 0 Å². The number of thioether (sulfide) groups is 1. The van der Waals surface area contributed by atoms with Crippen molar-refractivity contribution in [1.82, 2.24) is 15.4 Å². The summed E-state index contributed by atoms with van der Waals surface area (Å²) in [6.07, 6.45) is 2.51. The Morgan fingerprint density at radius 3 is 2.00 bits per heavy atom. The van der Waals surface area contributed by atoms with Crippen molar-refractivity contribution < 1.29 is 14.3 Å². The van der Waals surface area contributed by atoms with E-state index in [1.807, 2.05) is 80.8 Å². The molecule has 0 radical (unpaired) electrons. The number of rotatable bonds is 9. The van der Waals surface area contributed by atoms with Gasteiger partial charge in [0.15, 0.2) is 11.8 Å². The van der Waals surface area contributed by atoms with Crippen molar-refractivity contribution in [2.24, 2.45) is 5.10 Å². The molecule has 0 bridgehead atoms. The molecule has 0 unspecified atom stereocenters. The predicted octanol–water partition coefficient (Wildman–Crippen LogP) is 3.86. The lowest BCUT2D eigenvalue weighted by molar-refractivity contribution is -0.148. The maximum atomic E-state index is 12.2. The molecule has 3 aromatic rings. The molecular weight excluding hydrogens is 436 g/mol. The van der Waals surface area contributed by atoms with Crippen LogP contribution >= 0.6 is 11.8 Å². The summed E-state index contributed by atoms with van der Waals surface area (Å²) in [5.41, 5.74) is 7.46. The Hall–Kier alpha value is -3.52. The zero-order valence-electron chi connectivity index (χ0n) is 18.9. The smallest absolute Gasteiger partial charge is 0.306 e. The molecule has 1 N–H and O–H groups in total. The minimum absolute atomic E-state index is 0.138. The number of hydrogen-bond acceptors (Lipinski definition) is 7. The Morgan fingerprint density at radius 1 is 0.939 bits per heavy atom. The number of benzene rings is 2. The standard InChI is InChI=1S/C25H26N4O3S/c1-17-21(18(2)27-25(26-17)33-3)14-15-23(31)32-16-22(30)28-29-24(19-10-6-4-7-11-19)20-12-8-5-9-13-20/h4-13H,14-16H2,1-3H3,(H,28,30). The number of esters is 1. The highest BCUT2D eigenvalue weighted by Gasteiger charge is 2.13. The quantitative estimate of drug-likeness (QED) is 0.171. The lowest BCUT2D eigenvalue weighted by Gasteiger charge is -2.10. The number of hydrazone groups is 1. The third-order valence-electron chi connectivity index (χ3n) is 4.91. The van der Waals surface area contributed by atoms with Crippen molar-refractivity contribution >= 4 is 29.4 Å². The molecule has 0 saturated carbocycles. The van der Waals surface area contributed by atoms with Crippen LogP contribution in [-0.4, -0.2) is 40.4 Å². The highest BCUT2D eigenvalue weighted by molar-refractivity contribution is 7.98. The molecule has 0 saturated heterocycles. The molecule has 7 nitrogen and oxygen atoms in total. The lowest BCUT2D eigenvalue weighted by Crippen LogP contribution is -2.26. The first kappa shape index (κ1) is 24.1. The van der Waals surface area contributed by atoms with Gasteiger partial charge in [0.2, 0.25) is 0 Å². The Balaban J connectivity index is 1.56. The van der Waals surface area contributed by atoms with Crippen LogP contribution < -0.4 is 5.43 Å². The second kappa shape index (κ2) is 11.9. The molecule has 0 spiro atoms. The average Bonchev–Trinajstić information content (AvgIpc) is 2.83. The number of hydrogen-bond donors (Lipinski definition) is 1. The van der Waals surface area contributed by atoms with Crippen molar-refractivity contribution in [3.8, 4) is 0 Å². The van der Waals surface area contributed by atoms with Crippen molar-refractivity contribution in [3.63, 3.8) is 0 Å². The molecular formula is C25H26N4O3S. The van der Waals surface area contributed by atoms with Crippen LogP contribution in [0.2, 0.25) is 0 Å². The fraction of sp³-hybridized carbons (Fsp3) is 0.240. The minimum atomic E-state index is -0.507. The molecule has 0 aliphatic heterocycles. The summed E-state index contributed by atoms with van der Waals surface area (Å²) >= 11 is 1.48. The molecule has 0 aliphatic carbocycles. The number of nitrogens with zero attached hydrogens (tertiary/aromatic N) is 3. The van der Waals surface area contributed by atoms with Crippen molar-refractivity contribution in [1.29, 1.82) is 0 Å². The Morgan fingerprint density at radius 2 is 1.48 bits per heavy atom. The summed E-state index contributed by atoms with van der Waals surface area (Å²) in [5, 5.41) is 4.99. The molecule has 3 rings (SSSR count). The predicted molar refractivity (Wildman–Crippen MR) is 129 cm³/mol. The molecule has 170 valence electrons. The van der Waals surface area contributed by atoms with Crippen molar-refractivity contribution in [2.75, 3.05) is 12.9 Å². The van der Waals surface area contributed by atoms with E-state index in [2.05, 4.69) is 20.5 Å². The van der Waals surface area contributed by atoms with E-state index in [0.717, 1.165) is 28.1 Å². The zero-order chi connectivity index (χ0) is 23.6. The highest BCUT2D eigenvalue weighted by atomic mass is 32.2. The molecule has 0 atom stereocenters. The number of ether oxygens (including phenoxy) is 1.